The fourth-order valence-corrected chi connectivity index (χ4v) is 3.21. The predicted octanol–water partition coefficient (Wildman–Crippen LogP) is 1.22. The first-order valence-electron chi connectivity index (χ1n) is 4.62. The third-order valence-corrected chi connectivity index (χ3v) is 3.77. The largest absolute Gasteiger partial charge is 0.355 e. The summed E-state index contributed by atoms with van der Waals surface area (Å²) in [7, 11) is 2.23. The molecule has 11 heavy (non-hydrogen) atoms. The van der Waals surface area contributed by atoms with Crippen molar-refractivity contribution in [3.8, 4) is 0 Å². The lowest BCUT2D eigenvalue weighted by Crippen LogP contribution is -2.50. The van der Waals surface area contributed by atoms with Crippen LogP contribution in [0.2, 0.25) is 0 Å². The fourth-order valence-electron chi connectivity index (χ4n) is 3.21. The van der Waals surface area contributed by atoms with Gasteiger partial charge >= 0.3 is 0 Å². The fraction of sp³-hybridized carbons (Fsp3) is 1.00. The molecule has 4 heterocycles. The van der Waals surface area contributed by atoms with Gasteiger partial charge in [0, 0.05) is 12.5 Å². The number of piperidine rings is 1. The van der Waals surface area contributed by atoms with Gasteiger partial charge in [-0.2, -0.15) is 0 Å². The van der Waals surface area contributed by atoms with Gasteiger partial charge in [-0.3, -0.25) is 4.90 Å². The highest BCUT2D eigenvalue weighted by Crippen LogP contribution is 2.56. The van der Waals surface area contributed by atoms with Crippen molar-refractivity contribution in [1.29, 1.82) is 0 Å². The van der Waals surface area contributed by atoms with E-state index in [0.717, 1.165) is 12.0 Å². The molecule has 0 amide bonds. The molecule has 0 aromatic carbocycles. The first-order valence-corrected chi connectivity index (χ1v) is 4.62. The first-order chi connectivity index (χ1) is 5.21. The molecule has 2 nitrogen and oxygen atoms in total. The standard InChI is InChI=1S/C9H15NO/c1-6-3-7-8-5-9(4-6,11-8)10(7)2/h6-8H,3-5H2,1-2H3/t6-,7?,8?,9?/m1/s1. The summed E-state index contributed by atoms with van der Waals surface area (Å²) in [4.78, 5) is 2.47. The minimum Gasteiger partial charge on any atom is -0.355 e. The van der Waals surface area contributed by atoms with Crippen LogP contribution >= 0.6 is 0 Å². The van der Waals surface area contributed by atoms with Crippen LogP contribution in [-0.4, -0.2) is 29.8 Å². The van der Waals surface area contributed by atoms with Crippen LogP contribution in [0, 0.1) is 5.92 Å². The number of ether oxygens (including phenoxy) is 1. The minimum absolute atomic E-state index is 0.201. The number of nitrogens with zero attached hydrogens (tertiary/aromatic N) is 1. The second kappa shape index (κ2) is 1.64. The SMILES string of the molecule is C[C@@H]1CC2C3CC(C1)(O3)N2C. The Balaban J connectivity index is 1.98. The zero-order valence-electron chi connectivity index (χ0n) is 7.21. The predicted molar refractivity (Wildman–Crippen MR) is 42.2 cm³/mol. The van der Waals surface area contributed by atoms with E-state index >= 15 is 0 Å². The molecule has 2 heteroatoms. The van der Waals surface area contributed by atoms with Gasteiger partial charge in [0.15, 0.2) is 0 Å². The molecule has 4 fully saturated rings. The van der Waals surface area contributed by atoms with Crippen molar-refractivity contribution in [2.75, 3.05) is 7.05 Å². The monoisotopic (exact) mass is 153 g/mol. The Morgan fingerprint density at radius 1 is 1.45 bits per heavy atom. The lowest BCUT2D eigenvalue weighted by Gasteiger charge is -2.43. The molecule has 0 N–H and O–H groups in total. The molecular weight excluding hydrogens is 138 g/mol. The average molecular weight is 153 g/mol. The molecular formula is C9H15NO. The van der Waals surface area contributed by atoms with Gasteiger partial charge in [0.05, 0.1) is 6.10 Å². The second-order valence-electron chi connectivity index (χ2n) is 4.53. The van der Waals surface area contributed by atoms with Gasteiger partial charge in [-0.1, -0.05) is 6.92 Å². The van der Waals surface area contributed by atoms with Crippen molar-refractivity contribution < 1.29 is 4.74 Å². The summed E-state index contributed by atoms with van der Waals surface area (Å²) in [5.41, 5.74) is 0.201. The van der Waals surface area contributed by atoms with Gasteiger partial charge in [0.2, 0.25) is 0 Å². The summed E-state index contributed by atoms with van der Waals surface area (Å²) in [6, 6.07) is 0.749. The summed E-state index contributed by atoms with van der Waals surface area (Å²) in [6.07, 6.45) is 4.50. The molecule has 0 saturated carbocycles. The highest BCUT2D eigenvalue weighted by molar-refractivity contribution is 5.11. The number of hydrogen-bond donors (Lipinski definition) is 0. The Hall–Kier alpha value is -0.0800. The lowest BCUT2D eigenvalue weighted by molar-refractivity contribution is -0.200. The molecule has 4 aliphatic rings. The van der Waals surface area contributed by atoms with Gasteiger partial charge < -0.3 is 4.74 Å². The van der Waals surface area contributed by atoms with Crippen molar-refractivity contribution in [2.45, 2.75) is 44.1 Å². The second-order valence-corrected chi connectivity index (χ2v) is 4.53. The van der Waals surface area contributed by atoms with E-state index in [2.05, 4.69) is 18.9 Å². The molecule has 3 bridgehead atoms. The summed E-state index contributed by atoms with van der Waals surface area (Å²) in [6.45, 7) is 2.35. The lowest BCUT2D eigenvalue weighted by atomic mass is 9.91. The van der Waals surface area contributed by atoms with Crippen molar-refractivity contribution in [3.63, 3.8) is 0 Å². The Labute approximate surface area is 67.5 Å². The smallest absolute Gasteiger partial charge is 0.125 e. The first kappa shape index (κ1) is 6.44. The number of rotatable bonds is 0. The van der Waals surface area contributed by atoms with E-state index in [4.69, 9.17) is 4.74 Å². The van der Waals surface area contributed by atoms with Crippen LogP contribution in [0.4, 0.5) is 0 Å². The summed E-state index contributed by atoms with van der Waals surface area (Å²) < 4.78 is 5.87. The Bertz CT molecular complexity index is 198. The van der Waals surface area contributed by atoms with Crippen molar-refractivity contribution in [2.24, 2.45) is 5.92 Å². The van der Waals surface area contributed by atoms with E-state index in [1.165, 1.54) is 19.3 Å². The van der Waals surface area contributed by atoms with Crippen LogP contribution in [0.15, 0.2) is 0 Å². The number of hydrogen-bond acceptors (Lipinski definition) is 2. The number of likely N-dealkylation sites (N-methyl/N-ethyl adjacent to an activating group) is 1. The summed E-state index contributed by atoms with van der Waals surface area (Å²) in [5.74, 6) is 0.878. The molecule has 0 aliphatic carbocycles. The molecule has 1 spiro atoms. The van der Waals surface area contributed by atoms with Crippen molar-refractivity contribution in [3.05, 3.63) is 0 Å². The summed E-state index contributed by atoms with van der Waals surface area (Å²) >= 11 is 0. The van der Waals surface area contributed by atoms with E-state index < -0.39 is 0 Å². The van der Waals surface area contributed by atoms with Crippen molar-refractivity contribution in [1.82, 2.24) is 4.90 Å². The third-order valence-electron chi connectivity index (χ3n) is 3.77. The topological polar surface area (TPSA) is 12.5 Å². The van der Waals surface area contributed by atoms with Gasteiger partial charge in [0.25, 0.3) is 0 Å². The van der Waals surface area contributed by atoms with Crippen LogP contribution < -0.4 is 0 Å². The minimum atomic E-state index is 0.201. The van der Waals surface area contributed by atoms with E-state index in [1.54, 1.807) is 0 Å². The van der Waals surface area contributed by atoms with Crippen LogP contribution in [-0.2, 0) is 4.74 Å². The Kier molecular flexibility index (Phi) is 0.961. The maximum absolute atomic E-state index is 5.87. The molecule has 3 unspecified atom stereocenters. The van der Waals surface area contributed by atoms with Crippen LogP contribution in [0.3, 0.4) is 0 Å². The van der Waals surface area contributed by atoms with Crippen LogP contribution in [0.5, 0.6) is 0 Å². The van der Waals surface area contributed by atoms with Gasteiger partial charge in [0.1, 0.15) is 5.72 Å². The Morgan fingerprint density at radius 3 is 2.82 bits per heavy atom. The van der Waals surface area contributed by atoms with Crippen LogP contribution in [0.1, 0.15) is 26.2 Å². The van der Waals surface area contributed by atoms with Gasteiger partial charge in [-0.25, -0.2) is 0 Å². The molecule has 62 valence electrons. The Morgan fingerprint density at radius 2 is 2.18 bits per heavy atom. The van der Waals surface area contributed by atoms with Gasteiger partial charge in [-0.05, 0) is 25.8 Å². The van der Waals surface area contributed by atoms with Gasteiger partial charge in [-0.15, -0.1) is 0 Å². The van der Waals surface area contributed by atoms with E-state index in [9.17, 15) is 0 Å². The highest BCUT2D eigenvalue weighted by Gasteiger charge is 2.64. The maximum Gasteiger partial charge on any atom is 0.125 e. The average Bonchev–Trinajstić information content (AvgIpc) is 2.24. The maximum atomic E-state index is 5.87. The van der Waals surface area contributed by atoms with Crippen LogP contribution in [0.25, 0.3) is 0 Å². The van der Waals surface area contributed by atoms with Crippen molar-refractivity contribution >= 4 is 0 Å². The van der Waals surface area contributed by atoms with E-state index in [1.807, 2.05) is 0 Å². The van der Waals surface area contributed by atoms with E-state index in [0.29, 0.717) is 6.10 Å². The normalized spacial score (nSPS) is 61.1. The molecule has 4 aliphatic heterocycles. The highest BCUT2D eigenvalue weighted by atomic mass is 16.6. The molecule has 0 radical (unpaired) electrons. The molecule has 0 aromatic heterocycles. The quantitative estimate of drug-likeness (QED) is 0.518. The summed E-state index contributed by atoms with van der Waals surface area (Å²) in [5, 5.41) is 0. The molecule has 0 aromatic rings. The zero-order valence-corrected chi connectivity index (χ0v) is 7.21. The molecule has 4 rings (SSSR count). The molecule has 4 saturated heterocycles. The third kappa shape index (κ3) is 0.574. The zero-order chi connectivity index (χ0) is 7.64. The van der Waals surface area contributed by atoms with E-state index in [-0.39, 0.29) is 5.72 Å². The molecule has 4 atom stereocenters.